The molecule has 4 nitrogen and oxygen atoms in total. The van der Waals surface area contributed by atoms with Crippen molar-refractivity contribution >= 4 is 5.69 Å². The first-order valence-corrected chi connectivity index (χ1v) is 6.00. The molecule has 2 unspecified atom stereocenters. The van der Waals surface area contributed by atoms with Gasteiger partial charge in [0.15, 0.2) is 0 Å². The molecule has 0 aromatic heterocycles. The van der Waals surface area contributed by atoms with Crippen molar-refractivity contribution in [3.05, 3.63) is 23.8 Å². The van der Waals surface area contributed by atoms with Crippen LogP contribution in [0, 0.1) is 0 Å². The number of hydrogen-bond acceptors (Lipinski definition) is 4. The van der Waals surface area contributed by atoms with Crippen LogP contribution in [0.25, 0.3) is 0 Å². The number of nitrogens with two attached hydrogens (primary N) is 1. The summed E-state index contributed by atoms with van der Waals surface area (Å²) in [5.74, 6) is 0.150. The summed E-state index contributed by atoms with van der Waals surface area (Å²) in [5.41, 5.74) is 7.26. The number of rotatable bonds is 2. The van der Waals surface area contributed by atoms with Gasteiger partial charge in [-0.15, -0.1) is 0 Å². The van der Waals surface area contributed by atoms with Gasteiger partial charge in [0.05, 0.1) is 17.9 Å². The van der Waals surface area contributed by atoms with Crippen LogP contribution in [0.5, 0.6) is 5.75 Å². The van der Waals surface area contributed by atoms with Crippen LogP contribution in [-0.2, 0) is 11.3 Å². The molecule has 1 saturated heterocycles. The topological polar surface area (TPSA) is 58.7 Å². The van der Waals surface area contributed by atoms with E-state index in [1.165, 1.54) is 0 Å². The SMILES string of the molecule is CC1CN(Cc2ccc(O)c(N)c2)CC(C)O1. The largest absolute Gasteiger partial charge is 0.506 e. The molecule has 2 rings (SSSR count). The Labute approximate surface area is 102 Å². The molecule has 1 aromatic carbocycles. The summed E-state index contributed by atoms with van der Waals surface area (Å²) < 4.78 is 5.69. The monoisotopic (exact) mass is 236 g/mol. The minimum absolute atomic E-state index is 0.150. The molecule has 0 spiro atoms. The highest BCUT2D eigenvalue weighted by molar-refractivity contribution is 5.53. The Bertz CT molecular complexity index is 385. The van der Waals surface area contributed by atoms with Gasteiger partial charge in [0.2, 0.25) is 0 Å². The molecule has 0 radical (unpaired) electrons. The molecule has 2 atom stereocenters. The Hall–Kier alpha value is -1.26. The van der Waals surface area contributed by atoms with Gasteiger partial charge in [0.25, 0.3) is 0 Å². The molecule has 17 heavy (non-hydrogen) atoms. The number of morpholine rings is 1. The van der Waals surface area contributed by atoms with E-state index in [0.717, 1.165) is 25.2 Å². The van der Waals surface area contributed by atoms with E-state index < -0.39 is 0 Å². The van der Waals surface area contributed by atoms with Crippen molar-refractivity contribution in [1.82, 2.24) is 4.90 Å². The Kier molecular flexibility index (Phi) is 3.54. The third kappa shape index (κ3) is 3.11. The molecule has 0 bridgehead atoms. The smallest absolute Gasteiger partial charge is 0.138 e. The van der Waals surface area contributed by atoms with Crippen LogP contribution in [0.2, 0.25) is 0 Å². The Morgan fingerprint density at radius 2 is 2.00 bits per heavy atom. The molecule has 3 N–H and O–H groups in total. The van der Waals surface area contributed by atoms with Crippen LogP contribution in [0.4, 0.5) is 5.69 Å². The third-order valence-corrected chi connectivity index (χ3v) is 2.99. The number of nitrogens with zero attached hydrogens (tertiary/aromatic N) is 1. The lowest BCUT2D eigenvalue weighted by molar-refractivity contribution is -0.0704. The molecular formula is C13H20N2O2. The number of phenols is 1. The highest BCUT2D eigenvalue weighted by Gasteiger charge is 2.22. The van der Waals surface area contributed by atoms with Crippen LogP contribution in [-0.4, -0.2) is 35.3 Å². The molecule has 0 amide bonds. The summed E-state index contributed by atoms with van der Waals surface area (Å²) in [7, 11) is 0. The predicted molar refractivity (Wildman–Crippen MR) is 67.8 cm³/mol. The summed E-state index contributed by atoms with van der Waals surface area (Å²) in [5, 5.41) is 9.38. The molecule has 0 saturated carbocycles. The standard InChI is InChI=1S/C13H20N2O2/c1-9-6-15(7-10(2)17-9)8-11-3-4-13(16)12(14)5-11/h3-5,9-10,16H,6-8,14H2,1-2H3. The van der Waals surface area contributed by atoms with Gasteiger partial charge in [-0.2, -0.15) is 0 Å². The van der Waals surface area contributed by atoms with Gasteiger partial charge in [0.1, 0.15) is 5.75 Å². The zero-order valence-corrected chi connectivity index (χ0v) is 10.4. The maximum atomic E-state index is 9.38. The Morgan fingerprint density at radius 1 is 1.35 bits per heavy atom. The van der Waals surface area contributed by atoms with Crippen LogP contribution < -0.4 is 5.73 Å². The first-order valence-electron chi connectivity index (χ1n) is 6.00. The molecule has 0 aliphatic carbocycles. The fourth-order valence-electron chi connectivity index (χ4n) is 2.37. The molecule has 1 aliphatic rings. The van der Waals surface area contributed by atoms with Crippen molar-refractivity contribution in [2.24, 2.45) is 0 Å². The number of ether oxygens (including phenoxy) is 1. The van der Waals surface area contributed by atoms with Crippen molar-refractivity contribution < 1.29 is 9.84 Å². The molecule has 1 aromatic rings. The summed E-state index contributed by atoms with van der Waals surface area (Å²) in [6, 6.07) is 5.40. The Balaban J connectivity index is 2.02. The molecule has 1 heterocycles. The number of aromatic hydroxyl groups is 1. The average molecular weight is 236 g/mol. The van der Waals surface area contributed by atoms with Gasteiger partial charge in [0, 0.05) is 19.6 Å². The minimum atomic E-state index is 0.150. The van der Waals surface area contributed by atoms with Crippen LogP contribution in [0.15, 0.2) is 18.2 Å². The predicted octanol–water partition coefficient (Wildman–Crippen LogP) is 1.58. The summed E-state index contributed by atoms with van der Waals surface area (Å²) in [6.45, 7) is 6.90. The molecule has 94 valence electrons. The minimum Gasteiger partial charge on any atom is -0.506 e. The molecular weight excluding hydrogens is 216 g/mol. The van der Waals surface area contributed by atoms with Crippen molar-refractivity contribution in [2.75, 3.05) is 18.8 Å². The van der Waals surface area contributed by atoms with Gasteiger partial charge >= 0.3 is 0 Å². The van der Waals surface area contributed by atoms with Crippen molar-refractivity contribution in [1.29, 1.82) is 0 Å². The van der Waals surface area contributed by atoms with Gasteiger partial charge in [-0.1, -0.05) is 6.07 Å². The lowest BCUT2D eigenvalue weighted by Crippen LogP contribution is -2.44. The number of phenolic OH excluding ortho intramolecular Hbond substituents is 1. The fraction of sp³-hybridized carbons (Fsp3) is 0.538. The van der Waals surface area contributed by atoms with Gasteiger partial charge in [-0.05, 0) is 31.5 Å². The van der Waals surface area contributed by atoms with E-state index >= 15 is 0 Å². The zero-order valence-electron chi connectivity index (χ0n) is 10.4. The molecule has 1 aliphatic heterocycles. The number of nitrogen functional groups attached to an aromatic ring is 1. The van der Waals surface area contributed by atoms with Crippen LogP contribution in [0.1, 0.15) is 19.4 Å². The highest BCUT2D eigenvalue weighted by atomic mass is 16.5. The van der Waals surface area contributed by atoms with E-state index in [9.17, 15) is 5.11 Å². The Morgan fingerprint density at radius 3 is 2.59 bits per heavy atom. The summed E-state index contributed by atoms with van der Waals surface area (Å²) in [6.07, 6.45) is 0.543. The maximum absolute atomic E-state index is 9.38. The maximum Gasteiger partial charge on any atom is 0.138 e. The van der Waals surface area contributed by atoms with Gasteiger partial charge < -0.3 is 15.6 Å². The van der Waals surface area contributed by atoms with Crippen LogP contribution >= 0.6 is 0 Å². The van der Waals surface area contributed by atoms with E-state index in [1.54, 1.807) is 6.07 Å². The second-order valence-electron chi connectivity index (χ2n) is 4.84. The average Bonchev–Trinajstić information content (AvgIpc) is 2.22. The number of benzene rings is 1. The van der Waals surface area contributed by atoms with E-state index in [4.69, 9.17) is 10.5 Å². The second-order valence-corrected chi connectivity index (χ2v) is 4.84. The van der Waals surface area contributed by atoms with Crippen LogP contribution in [0.3, 0.4) is 0 Å². The van der Waals surface area contributed by atoms with Crippen molar-refractivity contribution in [3.8, 4) is 5.75 Å². The fourth-order valence-corrected chi connectivity index (χ4v) is 2.37. The second kappa shape index (κ2) is 4.94. The van der Waals surface area contributed by atoms with Crippen molar-refractivity contribution in [2.45, 2.75) is 32.6 Å². The third-order valence-electron chi connectivity index (χ3n) is 2.99. The van der Waals surface area contributed by atoms with Gasteiger partial charge in [-0.25, -0.2) is 0 Å². The van der Waals surface area contributed by atoms with E-state index in [-0.39, 0.29) is 18.0 Å². The zero-order chi connectivity index (χ0) is 12.4. The normalized spacial score (nSPS) is 26.0. The lowest BCUT2D eigenvalue weighted by atomic mass is 10.1. The van der Waals surface area contributed by atoms with E-state index in [2.05, 4.69) is 18.7 Å². The van der Waals surface area contributed by atoms with Gasteiger partial charge in [-0.3, -0.25) is 4.90 Å². The van der Waals surface area contributed by atoms with E-state index in [1.807, 2.05) is 12.1 Å². The quantitative estimate of drug-likeness (QED) is 0.604. The first-order chi connectivity index (χ1) is 8.04. The molecule has 1 fully saturated rings. The van der Waals surface area contributed by atoms with E-state index in [0.29, 0.717) is 5.69 Å². The molecule has 4 heteroatoms. The number of anilines is 1. The summed E-state index contributed by atoms with van der Waals surface area (Å²) >= 11 is 0. The van der Waals surface area contributed by atoms with Crippen molar-refractivity contribution in [3.63, 3.8) is 0 Å². The number of hydrogen-bond donors (Lipinski definition) is 2. The highest BCUT2D eigenvalue weighted by Crippen LogP contribution is 2.22. The summed E-state index contributed by atoms with van der Waals surface area (Å²) in [4.78, 5) is 2.35. The lowest BCUT2D eigenvalue weighted by Gasteiger charge is -2.35. The first kappa shape index (κ1) is 12.2.